The van der Waals surface area contributed by atoms with E-state index >= 15 is 0 Å². The van der Waals surface area contributed by atoms with Crippen molar-refractivity contribution in [2.45, 2.75) is 77.2 Å². The Bertz CT molecular complexity index is 1010. The third-order valence-corrected chi connectivity index (χ3v) is 7.65. The van der Waals surface area contributed by atoms with E-state index in [2.05, 4.69) is 35.7 Å². The molecule has 0 heterocycles. The Kier molecular flexibility index (Phi) is 13.5. The summed E-state index contributed by atoms with van der Waals surface area (Å²) in [6.07, 6.45) is 9.93. The van der Waals surface area contributed by atoms with Gasteiger partial charge < -0.3 is 25.6 Å². The van der Waals surface area contributed by atoms with Crippen molar-refractivity contribution in [3.8, 4) is 5.75 Å². The molecule has 0 radical (unpaired) electrons. The molecule has 0 aliphatic heterocycles. The standard InChI is InChI=1S/C29H42NO6P.H3N/c1-3-4-5-6-7-8-23-9-13-25(14-10-23)28-21-26(28)15-18-29(31)30(19-20-36-37(32,33)34)22-24-11-16-27(35-2)17-12-24;/h9-14,16-17,26,28H,3-8,15,18-22H2,1-2H3,(H2,32,33,34);1H3/t26-,28-;/m1./s1. The number of carbonyl (C=O) groups is 1. The van der Waals surface area contributed by atoms with Crippen LogP contribution in [0.4, 0.5) is 0 Å². The second kappa shape index (κ2) is 16.0. The summed E-state index contributed by atoms with van der Waals surface area (Å²) in [5.41, 5.74) is 3.68. The summed E-state index contributed by atoms with van der Waals surface area (Å²) in [6.45, 7) is 2.48. The summed E-state index contributed by atoms with van der Waals surface area (Å²) in [5, 5.41) is 0. The van der Waals surface area contributed by atoms with Crippen LogP contribution in [-0.4, -0.2) is 40.9 Å². The van der Waals surface area contributed by atoms with Gasteiger partial charge in [0.15, 0.2) is 0 Å². The van der Waals surface area contributed by atoms with Gasteiger partial charge in [-0.2, -0.15) is 0 Å². The number of aryl methyl sites for hydroxylation is 1. The summed E-state index contributed by atoms with van der Waals surface area (Å²) in [4.78, 5) is 32.7. The smallest absolute Gasteiger partial charge is 0.469 e. The largest absolute Gasteiger partial charge is 0.497 e. The molecule has 38 heavy (non-hydrogen) atoms. The van der Waals surface area contributed by atoms with Crippen molar-refractivity contribution in [3.05, 3.63) is 65.2 Å². The highest BCUT2D eigenvalue weighted by Crippen LogP contribution is 2.50. The molecule has 2 aromatic carbocycles. The highest BCUT2D eigenvalue weighted by atomic mass is 31.2. The molecule has 0 saturated heterocycles. The molecule has 0 aromatic heterocycles. The van der Waals surface area contributed by atoms with E-state index in [0.717, 1.165) is 30.6 Å². The third kappa shape index (κ3) is 11.3. The Hall–Kier alpha value is -2.22. The van der Waals surface area contributed by atoms with Crippen LogP contribution in [0.15, 0.2) is 48.5 Å². The maximum absolute atomic E-state index is 13.1. The number of hydrogen-bond acceptors (Lipinski definition) is 5. The second-order valence-corrected chi connectivity index (χ2v) is 11.3. The number of ether oxygens (including phenoxy) is 1. The van der Waals surface area contributed by atoms with E-state index in [1.165, 1.54) is 43.2 Å². The number of benzene rings is 2. The Morgan fingerprint density at radius 1 is 1.00 bits per heavy atom. The van der Waals surface area contributed by atoms with Gasteiger partial charge in [-0.15, -0.1) is 0 Å². The predicted molar refractivity (Wildman–Crippen MR) is 150 cm³/mol. The molecule has 0 spiro atoms. The van der Waals surface area contributed by atoms with Gasteiger partial charge in [0.25, 0.3) is 0 Å². The number of phosphoric acid groups is 1. The van der Waals surface area contributed by atoms with Crippen molar-refractivity contribution in [1.29, 1.82) is 0 Å². The zero-order chi connectivity index (χ0) is 26.7. The average Bonchev–Trinajstić information content (AvgIpc) is 3.66. The van der Waals surface area contributed by atoms with Crippen LogP contribution in [0.1, 0.15) is 80.9 Å². The monoisotopic (exact) mass is 548 g/mol. The number of nitrogens with zero attached hydrogens (tertiary/aromatic N) is 1. The lowest BCUT2D eigenvalue weighted by Gasteiger charge is -2.23. The molecule has 9 heteroatoms. The van der Waals surface area contributed by atoms with Gasteiger partial charge in [0.2, 0.25) is 5.91 Å². The van der Waals surface area contributed by atoms with Crippen molar-refractivity contribution in [1.82, 2.24) is 11.1 Å². The fraction of sp³-hybridized carbons (Fsp3) is 0.552. The zero-order valence-electron chi connectivity index (χ0n) is 22.9. The van der Waals surface area contributed by atoms with E-state index in [1.54, 1.807) is 12.0 Å². The number of unbranched alkanes of at least 4 members (excludes halogenated alkanes) is 4. The minimum absolute atomic E-state index is 0. The maximum atomic E-state index is 13.1. The van der Waals surface area contributed by atoms with Gasteiger partial charge in [-0.25, -0.2) is 4.57 Å². The van der Waals surface area contributed by atoms with Crippen LogP contribution < -0.4 is 10.9 Å². The van der Waals surface area contributed by atoms with E-state index in [0.29, 0.717) is 24.8 Å². The lowest BCUT2D eigenvalue weighted by molar-refractivity contribution is -0.132. The van der Waals surface area contributed by atoms with Gasteiger partial charge in [0.1, 0.15) is 5.75 Å². The number of phosphoric ester groups is 1. The van der Waals surface area contributed by atoms with Crippen molar-refractivity contribution >= 4 is 13.7 Å². The molecule has 3 rings (SSSR count). The SMILES string of the molecule is CCCCCCCc1ccc([C@H]2C[C@H]2CCC(=O)N(CCOP(=O)(O)O)Cc2ccc(OC)cc2)cc1.N. The molecule has 1 fully saturated rings. The second-order valence-electron chi connectivity index (χ2n) is 10.0. The highest BCUT2D eigenvalue weighted by Gasteiger charge is 2.38. The summed E-state index contributed by atoms with van der Waals surface area (Å²) < 4.78 is 20.9. The third-order valence-electron chi connectivity index (χ3n) is 7.13. The van der Waals surface area contributed by atoms with Crippen LogP contribution in [-0.2, 0) is 26.8 Å². The summed E-state index contributed by atoms with van der Waals surface area (Å²) >= 11 is 0. The number of amides is 1. The average molecular weight is 549 g/mol. The molecule has 0 bridgehead atoms. The number of methoxy groups -OCH3 is 1. The minimum atomic E-state index is -4.58. The lowest BCUT2D eigenvalue weighted by Crippen LogP contribution is -2.33. The summed E-state index contributed by atoms with van der Waals surface area (Å²) in [7, 11) is -2.98. The minimum Gasteiger partial charge on any atom is -0.497 e. The van der Waals surface area contributed by atoms with Crippen molar-refractivity contribution < 1.29 is 28.4 Å². The van der Waals surface area contributed by atoms with Crippen LogP contribution in [0, 0.1) is 5.92 Å². The first-order valence-electron chi connectivity index (χ1n) is 13.5. The van der Waals surface area contributed by atoms with Gasteiger partial charge >= 0.3 is 7.82 Å². The van der Waals surface area contributed by atoms with E-state index in [4.69, 9.17) is 14.5 Å². The van der Waals surface area contributed by atoms with Crippen LogP contribution in [0.5, 0.6) is 5.75 Å². The predicted octanol–water partition coefficient (Wildman–Crippen LogP) is 6.39. The molecule has 1 saturated carbocycles. The van der Waals surface area contributed by atoms with Gasteiger partial charge in [0.05, 0.1) is 13.7 Å². The first-order chi connectivity index (χ1) is 17.8. The van der Waals surface area contributed by atoms with Crippen molar-refractivity contribution in [2.75, 3.05) is 20.3 Å². The Morgan fingerprint density at radius 2 is 1.66 bits per heavy atom. The van der Waals surface area contributed by atoms with Crippen LogP contribution >= 0.6 is 7.82 Å². The van der Waals surface area contributed by atoms with E-state index in [9.17, 15) is 9.36 Å². The maximum Gasteiger partial charge on any atom is 0.469 e. The number of hydrogen-bond donors (Lipinski definition) is 3. The molecule has 1 aliphatic rings. The van der Waals surface area contributed by atoms with Gasteiger partial charge in [0, 0.05) is 19.5 Å². The molecule has 212 valence electrons. The Morgan fingerprint density at radius 3 is 2.29 bits per heavy atom. The quantitative estimate of drug-likeness (QED) is 0.154. The van der Waals surface area contributed by atoms with Crippen LogP contribution in [0.25, 0.3) is 0 Å². The van der Waals surface area contributed by atoms with E-state index < -0.39 is 7.82 Å². The van der Waals surface area contributed by atoms with Crippen molar-refractivity contribution in [2.24, 2.45) is 5.92 Å². The summed E-state index contributed by atoms with van der Waals surface area (Å²) in [5.74, 6) is 1.71. The van der Waals surface area contributed by atoms with Gasteiger partial charge in [-0.1, -0.05) is 69.0 Å². The molecule has 2 atom stereocenters. The first-order valence-corrected chi connectivity index (χ1v) is 15.0. The zero-order valence-corrected chi connectivity index (χ0v) is 23.8. The molecule has 2 aromatic rings. The van der Waals surface area contributed by atoms with E-state index in [-0.39, 0.29) is 25.2 Å². The lowest BCUT2D eigenvalue weighted by atomic mass is 10.0. The first kappa shape index (κ1) is 32.0. The normalized spacial score (nSPS) is 16.5. The number of rotatable bonds is 17. The molecule has 0 unspecified atom stereocenters. The molecule has 8 nitrogen and oxygen atoms in total. The van der Waals surface area contributed by atoms with Crippen LogP contribution in [0.2, 0.25) is 0 Å². The molecular weight excluding hydrogens is 503 g/mol. The van der Waals surface area contributed by atoms with Crippen molar-refractivity contribution in [3.63, 3.8) is 0 Å². The van der Waals surface area contributed by atoms with Crippen LogP contribution in [0.3, 0.4) is 0 Å². The molecular formula is C29H45N2O6P. The highest BCUT2D eigenvalue weighted by molar-refractivity contribution is 7.46. The van der Waals surface area contributed by atoms with Gasteiger partial charge in [-0.3, -0.25) is 9.32 Å². The Labute approximate surface area is 227 Å². The molecule has 1 aliphatic carbocycles. The fourth-order valence-electron chi connectivity index (χ4n) is 4.82. The number of carbonyl (C=O) groups excluding carboxylic acids is 1. The topological polar surface area (TPSA) is 131 Å². The summed E-state index contributed by atoms with van der Waals surface area (Å²) in [6, 6.07) is 16.4. The van der Waals surface area contributed by atoms with Gasteiger partial charge in [-0.05, 0) is 66.3 Å². The molecule has 1 amide bonds. The van der Waals surface area contributed by atoms with E-state index in [1.807, 2.05) is 24.3 Å². The Balaban J connectivity index is 0.00000507. The fourth-order valence-corrected chi connectivity index (χ4v) is 5.14. The molecule has 5 N–H and O–H groups in total.